The molecule has 0 radical (unpaired) electrons. The van der Waals surface area contributed by atoms with Crippen molar-refractivity contribution in [1.82, 2.24) is 10.2 Å². The molecule has 0 aromatic heterocycles. The number of carbonyl (C=O) groups is 2. The fourth-order valence-corrected chi connectivity index (χ4v) is 3.45. The normalized spacial score (nSPS) is 16.8. The Bertz CT molecular complexity index is 881. The highest BCUT2D eigenvalue weighted by Crippen LogP contribution is 2.20. The lowest BCUT2D eigenvalue weighted by molar-refractivity contribution is -0.141. The fourth-order valence-electron chi connectivity index (χ4n) is 3.45. The lowest BCUT2D eigenvalue weighted by Crippen LogP contribution is -2.60. The number of ether oxygens (including phenoxy) is 2. The lowest BCUT2D eigenvalue weighted by atomic mass is 9.91. The van der Waals surface area contributed by atoms with Gasteiger partial charge in [0.1, 0.15) is 17.9 Å². The molecule has 0 spiro atoms. The molecule has 0 saturated carbocycles. The third-order valence-electron chi connectivity index (χ3n) is 4.86. The van der Waals surface area contributed by atoms with Crippen molar-refractivity contribution in [3.8, 4) is 5.75 Å². The van der Waals surface area contributed by atoms with Gasteiger partial charge in [-0.2, -0.15) is 0 Å². The zero-order valence-corrected chi connectivity index (χ0v) is 19.0. The summed E-state index contributed by atoms with van der Waals surface area (Å²) in [6.45, 7) is 10.9. The van der Waals surface area contributed by atoms with Crippen LogP contribution < -0.4 is 11.1 Å². The second-order valence-electron chi connectivity index (χ2n) is 8.23. The van der Waals surface area contributed by atoms with Crippen molar-refractivity contribution in [1.29, 1.82) is 0 Å². The molecule has 2 rings (SSSR count). The molecule has 2 amide bonds. The number of carbonyl (C=O) groups excluding carboxylic acids is 2. The van der Waals surface area contributed by atoms with Crippen molar-refractivity contribution in [3.05, 3.63) is 65.4 Å². The molecule has 4 N–H and O–H groups in total. The minimum atomic E-state index is -1.25. The van der Waals surface area contributed by atoms with Crippen molar-refractivity contribution in [3.63, 3.8) is 0 Å². The number of phenolic OH excluding ortho intramolecular Hbond substituents is 1. The third kappa shape index (κ3) is 7.77. The number of alkyl carbamates (subject to hydrolysis) is 1. The summed E-state index contributed by atoms with van der Waals surface area (Å²) in [5.41, 5.74) is 7.34. The predicted octanol–water partition coefficient (Wildman–Crippen LogP) is 2.64. The number of hydrogen-bond donors (Lipinski definition) is 3. The smallest absolute Gasteiger partial charge is 0.408 e. The van der Waals surface area contributed by atoms with Gasteiger partial charge in [-0.25, -0.2) is 4.79 Å². The van der Waals surface area contributed by atoms with E-state index < -0.39 is 11.6 Å². The molecule has 1 fully saturated rings. The molecule has 1 aliphatic heterocycles. The van der Waals surface area contributed by atoms with Crippen molar-refractivity contribution in [2.45, 2.75) is 32.7 Å². The highest BCUT2D eigenvalue weighted by Gasteiger charge is 2.39. The van der Waals surface area contributed by atoms with E-state index in [9.17, 15) is 14.7 Å². The van der Waals surface area contributed by atoms with E-state index >= 15 is 0 Å². The molecule has 1 atom stereocenters. The Labute approximate surface area is 189 Å². The molecule has 8 nitrogen and oxygen atoms in total. The molecule has 1 saturated heterocycles. The highest BCUT2D eigenvalue weighted by atomic mass is 16.5. The fraction of sp³-hybridized carbons (Fsp3) is 0.417. The van der Waals surface area contributed by atoms with Crippen molar-refractivity contribution in [2.24, 2.45) is 5.73 Å². The molecule has 32 heavy (non-hydrogen) atoms. The monoisotopic (exact) mass is 443 g/mol. The topological polar surface area (TPSA) is 114 Å². The van der Waals surface area contributed by atoms with E-state index in [-0.39, 0.29) is 24.7 Å². The molecule has 0 bridgehead atoms. The number of phenols is 1. The van der Waals surface area contributed by atoms with Crippen LogP contribution in [0.25, 0.3) is 0 Å². The summed E-state index contributed by atoms with van der Waals surface area (Å²) in [5.74, 6) is -0.0939. The average molecular weight is 444 g/mol. The summed E-state index contributed by atoms with van der Waals surface area (Å²) >= 11 is 0. The first-order valence-electron chi connectivity index (χ1n) is 10.5. The van der Waals surface area contributed by atoms with Crippen LogP contribution in [0.5, 0.6) is 5.75 Å². The number of nitrogens with one attached hydrogen (secondary N) is 1. The summed E-state index contributed by atoms with van der Waals surface area (Å²) in [6, 6.07) is 6.53. The van der Waals surface area contributed by atoms with Crippen LogP contribution >= 0.6 is 0 Å². The highest BCUT2D eigenvalue weighted by molar-refractivity contribution is 5.90. The van der Waals surface area contributed by atoms with Crippen molar-refractivity contribution < 1.29 is 24.2 Å². The first kappa shape index (κ1) is 25.0. The van der Waals surface area contributed by atoms with E-state index in [4.69, 9.17) is 15.2 Å². The Morgan fingerprint density at radius 1 is 1.25 bits per heavy atom. The summed E-state index contributed by atoms with van der Waals surface area (Å²) < 4.78 is 10.7. The van der Waals surface area contributed by atoms with Crippen molar-refractivity contribution in [2.75, 3.05) is 32.9 Å². The van der Waals surface area contributed by atoms with Gasteiger partial charge in [-0.05, 0) is 50.1 Å². The maximum atomic E-state index is 13.4. The van der Waals surface area contributed by atoms with Gasteiger partial charge in [-0.15, -0.1) is 0 Å². The first-order chi connectivity index (χ1) is 15.1. The molecule has 0 aliphatic carbocycles. The van der Waals surface area contributed by atoms with Crippen LogP contribution in [0, 0.1) is 0 Å². The van der Waals surface area contributed by atoms with Gasteiger partial charge in [0.15, 0.2) is 0 Å². The van der Waals surface area contributed by atoms with Gasteiger partial charge in [0, 0.05) is 25.2 Å². The maximum absolute atomic E-state index is 13.4. The van der Waals surface area contributed by atoms with Crippen LogP contribution in [-0.4, -0.2) is 60.5 Å². The Morgan fingerprint density at radius 2 is 1.88 bits per heavy atom. The number of aromatic hydroxyl groups is 1. The lowest BCUT2D eigenvalue weighted by Gasteiger charge is -2.36. The minimum Gasteiger partial charge on any atom is -0.508 e. The van der Waals surface area contributed by atoms with E-state index in [0.717, 1.165) is 11.1 Å². The van der Waals surface area contributed by atoms with Crippen LogP contribution in [0.15, 0.2) is 59.8 Å². The average Bonchev–Trinajstić information content (AvgIpc) is 2.73. The molecule has 1 aromatic carbocycles. The maximum Gasteiger partial charge on any atom is 0.408 e. The zero-order valence-electron chi connectivity index (χ0n) is 19.0. The largest absolute Gasteiger partial charge is 0.508 e. The zero-order chi connectivity index (χ0) is 23.7. The minimum absolute atomic E-state index is 0.0196. The summed E-state index contributed by atoms with van der Waals surface area (Å²) in [7, 11) is 0. The molecule has 1 aliphatic rings. The first-order valence-corrected chi connectivity index (χ1v) is 10.5. The van der Waals surface area contributed by atoms with Crippen molar-refractivity contribution >= 4 is 12.0 Å². The van der Waals surface area contributed by atoms with Gasteiger partial charge >= 0.3 is 6.09 Å². The van der Waals surface area contributed by atoms with Gasteiger partial charge in [0.05, 0.1) is 13.2 Å². The Morgan fingerprint density at radius 3 is 2.44 bits per heavy atom. The van der Waals surface area contributed by atoms with Crippen LogP contribution in [0.4, 0.5) is 4.79 Å². The molecule has 174 valence electrons. The van der Waals surface area contributed by atoms with Crippen LogP contribution in [0.3, 0.4) is 0 Å². The second kappa shape index (κ2) is 11.4. The molecule has 8 heteroatoms. The van der Waals surface area contributed by atoms with Gasteiger partial charge in [0.25, 0.3) is 0 Å². The number of morpholine rings is 1. The molecule has 1 aromatic rings. The van der Waals surface area contributed by atoms with E-state index in [1.165, 1.54) is 0 Å². The third-order valence-corrected chi connectivity index (χ3v) is 4.86. The Kier molecular flexibility index (Phi) is 8.90. The number of rotatable bonds is 8. The van der Waals surface area contributed by atoms with E-state index in [1.54, 1.807) is 55.2 Å². The number of allylic oxidation sites excluding steroid dienone is 3. The van der Waals surface area contributed by atoms with E-state index in [0.29, 0.717) is 37.6 Å². The van der Waals surface area contributed by atoms with Crippen LogP contribution in [0.1, 0.15) is 26.3 Å². The molecule has 1 heterocycles. The van der Waals surface area contributed by atoms with Gasteiger partial charge < -0.3 is 30.5 Å². The second-order valence-corrected chi connectivity index (χ2v) is 8.23. The van der Waals surface area contributed by atoms with Gasteiger partial charge in [-0.1, -0.05) is 30.4 Å². The SMILES string of the molecule is C=C(C)/C=C(\C=C(\C)N)COC(=O)N[C@@](C)(Cc1ccc(O)cc1)C(=O)N1CCOCC1. The summed E-state index contributed by atoms with van der Waals surface area (Å²) in [6.07, 6.45) is 2.99. The molecular weight excluding hydrogens is 410 g/mol. The molecule has 0 unspecified atom stereocenters. The predicted molar refractivity (Wildman–Crippen MR) is 123 cm³/mol. The van der Waals surface area contributed by atoms with Crippen LogP contribution in [0.2, 0.25) is 0 Å². The number of benzene rings is 1. The summed E-state index contributed by atoms with van der Waals surface area (Å²) in [5, 5.41) is 12.3. The Hall–Kier alpha value is -3.26. The quantitative estimate of drug-likeness (QED) is 0.532. The van der Waals surface area contributed by atoms with Crippen LogP contribution in [-0.2, 0) is 20.7 Å². The van der Waals surface area contributed by atoms with Gasteiger partial charge in [-0.3, -0.25) is 4.79 Å². The Balaban J connectivity index is 2.18. The standard InChI is InChI=1S/C24H33N3O5/c1-17(2)13-20(14-18(3)25)16-32-23(30)26-24(4,15-19-5-7-21(28)8-6-19)22(29)27-9-11-31-12-10-27/h5-8,13-14,28H,1,9-12,15-16,25H2,2-4H3,(H,26,30)/b18-14-,20-13+/t24-/m0/s1. The van der Waals surface area contributed by atoms with Gasteiger partial charge in [0.2, 0.25) is 5.91 Å². The summed E-state index contributed by atoms with van der Waals surface area (Å²) in [4.78, 5) is 27.7. The number of hydrogen-bond acceptors (Lipinski definition) is 6. The van der Waals surface area contributed by atoms with E-state index in [2.05, 4.69) is 11.9 Å². The number of nitrogens with zero attached hydrogens (tertiary/aromatic N) is 1. The molecular formula is C24H33N3O5. The van der Waals surface area contributed by atoms with E-state index in [1.807, 2.05) is 6.92 Å². The number of nitrogens with two attached hydrogens (primary N) is 1. The number of amides is 2.